The molecule has 4 aromatic rings. The predicted octanol–water partition coefficient (Wildman–Crippen LogP) is 2.03. The van der Waals surface area contributed by atoms with E-state index in [-0.39, 0.29) is 17.5 Å². The molecule has 0 amide bonds. The number of nitrogen functional groups attached to an aromatic ring is 2. The SMILES string of the molecule is COc1cc(O)c(C)c(-c2ccc3nc(N)ncc3c2)c1-n1ccc(N)nc1=O. The molecule has 0 spiro atoms. The van der Waals surface area contributed by atoms with Crippen molar-refractivity contribution in [3.8, 4) is 28.3 Å². The van der Waals surface area contributed by atoms with E-state index in [2.05, 4.69) is 15.0 Å². The number of aromatic nitrogens is 4. The Labute approximate surface area is 165 Å². The van der Waals surface area contributed by atoms with Crippen LogP contribution in [0.3, 0.4) is 0 Å². The minimum Gasteiger partial charge on any atom is -0.508 e. The van der Waals surface area contributed by atoms with Gasteiger partial charge in [0, 0.05) is 35.0 Å². The zero-order valence-electron chi connectivity index (χ0n) is 15.7. The van der Waals surface area contributed by atoms with Crippen LogP contribution in [-0.2, 0) is 0 Å². The summed E-state index contributed by atoms with van der Waals surface area (Å²) in [7, 11) is 1.46. The number of anilines is 2. The molecule has 4 rings (SSSR count). The van der Waals surface area contributed by atoms with Crippen molar-refractivity contribution in [3.05, 3.63) is 58.8 Å². The maximum absolute atomic E-state index is 12.6. The molecular formula is C20H18N6O3. The van der Waals surface area contributed by atoms with Gasteiger partial charge in [0.1, 0.15) is 23.0 Å². The highest BCUT2D eigenvalue weighted by atomic mass is 16.5. The summed E-state index contributed by atoms with van der Waals surface area (Å²) in [6, 6.07) is 8.46. The van der Waals surface area contributed by atoms with Crippen LogP contribution < -0.4 is 21.9 Å². The van der Waals surface area contributed by atoms with Gasteiger partial charge in [0.15, 0.2) is 0 Å². The topological polar surface area (TPSA) is 142 Å². The number of hydrogen-bond acceptors (Lipinski definition) is 8. The van der Waals surface area contributed by atoms with E-state index in [1.807, 2.05) is 12.1 Å². The third-order valence-electron chi connectivity index (χ3n) is 4.67. The average molecular weight is 390 g/mol. The van der Waals surface area contributed by atoms with Crippen molar-refractivity contribution in [1.82, 2.24) is 19.5 Å². The minimum atomic E-state index is -0.563. The van der Waals surface area contributed by atoms with E-state index >= 15 is 0 Å². The Morgan fingerprint density at radius 1 is 1.14 bits per heavy atom. The Kier molecular flexibility index (Phi) is 4.27. The fourth-order valence-electron chi connectivity index (χ4n) is 3.27. The Morgan fingerprint density at radius 3 is 2.66 bits per heavy atom. The largest absolute Gasteiger partial charge is 0.508 e. The number of methoxy groups -OCH3 is 1. The molecule has 9 heteroatoms. The van der Waals surface area contributed by atoms with Gasteiger partial charge < -0.3 is 21.3 Å². The molecule has 146 valence electrons. The van der Waals surface area contributed by atoms with E-state index in [1.165, 1.54) is 30.0 Å². The molecule has 0 aliphatic carbocycles. The number of aromatic hydroxyl groups is 1. The Bertz CT molecular complexity index is 1320. The molecule has 0 saturated carbocycles. The maximum Gasteiger partial charge on any atom is 0.354 e. The summed E-state index contributed by atoms with van der Waals surface area (Å²) in [5, 5.41) is 11.2. The van der Waals surface area contributed by atoms with E-state index in [0.29, 0.717) is 28.1 Å². The summed E-state index contributed by atoms with van der Waals surface area (Å²) in [5.41, 5.74) is 13.8. The van der Waals surface area contributed by atoms with Crippen LogP contribution in [-0.4, -0.2) is 31.7 Å². The highest BCUT2D eigenvalue weighted by molar-refractivity contribution is 5.89. The highest BCUT2D eigenvalue weighted by Gasteiger charge is 2.21. The Hall–Kier alpha value is -4.14. The number of ether oxygens (including phenoxy) is 1. The van der Waals surface area contributed by atoms with E-state index in [9.17, 15) is 9.90 Å². The first-order valence-electron chi connectivity index (χ1n) is 8.68. The smallest absolute Gasteiger partial charge is 0.354 e. The van der Waals surface area contributed by atoms with Crippen LogP contribution in [0.4, 0.5) is 11.8 Å². The number of nitrogens with zero attached hydrogens (tertiary/aromatic N) is 4. The van der Waals surface area contributed by atoms with Gasteiger partial charge in [-0.3, -0.25) is 4.57 Å². The van der Waals surface area contributed by atoms with E-state index < -0.39 is 5.69 Å². The van der Waals surface area contributed by atoms with Crippen molar-refractivity contribution in [2.75, 3.05) is 18.6 Å². The van der Waals surface area contributed by atoms with E-state index in [0.717, 1.165) is 10.9 Å². The Morgan fingerprint density at radius 2 is 1.93 bits per heavy atom. The molecule has 0 bridgehead atoms. The van der Waals surface area contributed by atoms with Crippen molar-refractivity contribution in [2.24, 2.45) is 0 Å². The van der Waals surface area contributed by atoms with Gasteiger partial charge in [-0.05, 0) is 30.7 Å². The van der Waals surface area contributed by atoms with Crippen molar-refractivity contribution in [3.63, 3.8) is 0 Å². The minimum absolute atomic E-state index is 0.0331. The van der Waals surface area contributed by atoms with Crippen LogP contribution in [0.25, 0.3) is 27.7 Å². The Balaban J connectivity index is 2.08. The molecule has 2 aromatic heterocycles. The van der Waals surface area contributed by atoms with Crippen LogP contribution in [0.1, 0.15) is 5.56 Å². The number of hydrogen-bond donors (Lipinski definition) is 3. The number of phenolic OH excluding ortho intramolecular Hbond substituents is 1. The fraction of sp³-hybridized carbons (Fsp3) is 0.100. The second-order valence-electron chi connectivity index (χ2n) is 6.45. The lowest BCUT2D eigenvalue weighted by Gasteiger charge is -2.19. The molecule has 0 unspecified atom stereocenters. The molecule has 0 fully saturated rings. The van der Waals surface area contributed by atoms with Crippen molar-refractivity contribution in [1.29, 1.82) is 0 Å². The number of nitrogens with two attached hydrogens (primary N) is 2. The summed E-state index contributed by atoms with van der Waals surface area (Å²) in [5.74, 6) is 0.638. The van der Waals surface area contributed by atoms with Gasteiger partial charge in [-0.2, -0.15) is 4.98 Å². The third-order valence-corrected chi connectivity index (χ3v) is 4.67. The summed E-state index contributed by atoms with van der Waals surface area (Å²) in [4.78, 5) is 24.6. The van der Waals surface area contributed by atoms with Gasteiger partial charge in [-0.15, -0.1) is 0 Å². The lowest BCUT2D eigenvalue weighted by atomic mass is 9.95. The molecule has 0 radical (unpaired) electrons. The van der Waals surface area contributed by atoms with Gasteiger partial charge in [-0.1, -0.05) is 6.07 Å². The monoisotopic (exact) mass is 390 g/mol. The van der Waals surface area contributed by atoms with Crippen molar-refractivity contribution < 1.29 is 9.84 Å². The quantitative estimate of drug-likeness (QED) is 0.482. The molecule has 2 heterocycles. The summed E-state index contributed by atoms with van der Waals surface area (Å²) < 4.78 is 6.80. The highest BCUT2D eigenvalue weighted by Crippen LogP contribution is 2.41. The van der Waals surface area contributed by atoms with E-state index in [4.69, 9.17) is 16.2 Å². The van der Waals surface area contributed by atoms with Crippen LogP contribution in [0, 0.1) is 6.92 Å². The number of rotatable bonds is 3. The molecule has 9 nitrogen and oxygen atoms in total. The van der Waals surface area contributed by atoms with Crippen LogP contribution in [0.15, 0.2) is 47.5 Å². The zero-order chi connectivity index (χ0) is 20.7. The second kappa shape index (κ2) is 6.79. The molecule has 0 aliphatic rings. The van der Waals surface area contributed by atoms with Crippen LogP contribution in [0.5, 0.6) is 11.5 Å². The van der Waals surface area contributed by atoms with Crippen LogP contribution >= 0.6 is 0 Å². The van der Waals surface area contributed by atoms with Crippen molar-refractivity contribution in [2.45, 2.75) is 6.92 Å². The predicted molar refractivity (Wildman–Crippen MR) is 110 cm³/mol. The average Bonchev–Trinajstić information content (AvgIpc) is 2.69. The van der Waals surface area contributed by atoms with Gasteiger partial charge in [0.05, 0.1) is 12.6 Å². The molecule has 0 aliphatic heterocycles. The summed E-state index contributed by atoms with van der Waals surface area (Å²) in [6.45, 7) is 1.76. The molecule has 2 aromatic carbocycles. The number of fused-ring (bicyclic) bond motifs is 1. The molecule has 5 N–H and O–H groups in total. The lowest BCUT2D eigenvalue weighted by Crippen LogP contribution is -2.23. The normalized spacial score (nSPS) is 11.0. The number of phenols is 1. The van der Waals surface area contributed by atoms with E-state index in [1.54, 1.807) is 19.2 Å². The summed E-state index contributed by atoms with van der Waals surface area (Å²) >= 11 is 0. The van der Waals surface area contributed by atoms with Crippen molar-refractivity contribution >= 4 is 22.7 Å². The third kappa shape index (κ3) is 3.08. The molecule has 29 heavy (non-hydrogen) atoms. The molecular weight excluding hydrogens is 372 g/mol. The molecule has 0 atom stereocenters. The zero-order valence-corrected chi connectivity index (χ0v) is 15.7. The first-order valence-corrected chi connectivity index (χ1v) is 8.68. The standard InChI is InChI=1S/C20H18N6O3/c1-10-14(27)8-15(29-2)18(26-6-5-16(21)25-20(26)28)17(10)11-3-4-13-12(7-11)9-23-19(22)24-13/h3-9,27H,1-2H3,(H2,21,25,28)(H2,22,23,24). The van der Waals surface area contributed by atoms with Gasteiger partial charge in [-0.25, -0.2) is 14.8 Å². The first kappa shape index (κ1) is 18.2. The van der Waals surface area contributed by atoms with Gasteiger partial charge in [0.2, 0.25) is 5.95 Å². The second-order valence-corrected chi connectivity index (χ2v) is 6.45. The van der Waals surface area contributed by atoms with Gasteiger partial charge >= 0.3 is 5.69 Å². The van der Waals surface area contributed by atoms with Gasteiger partial charge in [0.25, 0.3) is 0 Å². The first-order chi connectivity index (χ1) is 13.9. The van der Waals surface area contributed by atoms with Crippen LogP contribution in [0.2, 0.25) is 0 Å². The fourth-order valence-corrected chi connectivity index (χ4v) is 3.27. The molecule has 0 saturated heterocycles. The maximum atomic E-state index is 12.6. The lowest BCUT2D eigenvalue weighted by molar-refractivity contribution is 0.405. The number of benzene rings is 2. The summed E-state index contributed by atoms with van der Waals surface area (Å²) in [6.07, 6.45) is 3.14.